The van der Waals surface area contributed by atoms with E-state index in [2.05, 4.69) is 22.0 Å². The molecule has 1 N–H and O–H groups in total. The van der Waals surface area contributed by atoms with Gasteiger partial charge in [-0.15, -0.1) is 0 Å². The molecule has 6 nitrogen and oxygen atoms in total. The van der Waals surface area contributed by atoms with Crippen molar-refractivity contribution in [2.45, 2.75) is 25.6 Å². The molecule has 0 radical (unpaired) electrons. The lowest BCUT2D eigenvalue weighted by Crippen LogP contribution is -2.60. The van der Waals surface area contributed by atoms with E-state index in [1.807, 2.05) is 31.2 Å². The number of rotatable bonds is 3. The summed E-state index contributed by atoms with van der Waals surface area (Å²) in [6.07, 6.45) is 1.79. The van der Waals surface area contributed by atoms with Crippen LogP contribution in [0.1, 0.15) is 21.6 Å². The Bertz CT molecular complexity index is 907. The topological polar surface area (TPSA) is 73.5 Å². The molecule has 2 saturated heterocycles. The van der Waals surface area contributed by atoms with Crippen LogP contribution in [0.15, 0.2) is 42.6 Å². The van der Waals surface area contributed by atoms with Gasteiger partial charge in [-0.05, 0) is 24.1 Å². The molecular formula is C19H23N3O3S. The smallest absolute Gasteiger partial charge is 0.270 e. The van der Waals surface area contributed by atoms with Crippen LogP contribution in [0.3, 0.4) is 0 Å². The fourth-order valence-corrected chi connectivity index (χ4v) is 6.08. The van der Waals surface area contributed by atoms with Crippen LogP contribution < -0.4 is 0 Å². The summed E-state index contributed by atoms with van der Waals surface area (Å²) in [5.74, 6) is 0.0661. The number of sulfone groups is 1. The Labute approximate surface area is 153 Å². The van der Waals surface area contributed by atoms with Gasteiger partial charge >= 0.3 is 0 Å². The van der Waals surface area contributed by atoms with Gasteiger partial charge in [0.2, 0.25) is 0 Å². The van der Waals surface area contributed by atoms with Gasteiger partial charge in [0.25, 0.3) is 5.91 Å². The molecule has 7 heteroatoms. The third kappa shape index (κ3) is 3.29. The van der Waals surface area contributed by atoms with Crippen LogP contribution in [0.2, 0.25) is 0 Å². The van der Waals surface area contributed by atoms with Crippen molar-refractivity contribution in [3.63, 3.8) is 0 Å². The van der Waals surface area contributed by atoms with E-state index in [4.69, 9.17) is 0 Å². The van der Waals surface area contributed by atoms with Crippen LogP contribution in [0.5, 0.6) is 0 Å². The first-order valence-corrected chi connectivity index (χ1v) is 10.7. The molecule has 2 aliphatic heterocycles. The van der Waals surface area contributed by atoms with Crippen LogP contribution in [0, 0.1) is 6.92 Å². The summed E-state index contributed by atoms with van der Waals surface area (Å²) < 4.78 is 24.7. The van der Waals surface area contributed by atoms with Crippen LogP contribution >= 0.6 is 0 Å². The van der Waals surface area contributed by atoms with Crippen molar-refractivity contribution in [2.75, 3.05) is 24.6 Å². The maximum Gasteiger partial charge on any atom is 0.270 e. The fourth-order valence-electron chi connectivity index (χ4n) is 4.07. The zero-order chi connectivity index (χ0) is 18.3. The van der Waals surface area contributed by atoms with Gasteiger partial charge < -0.3 is 9.88 Å². The summed E-state index contributed by atoms with van der Waals surface area (Å²) in [6, 6.07) is 11.5. The number of amides is 1. The predicted molar refractivity (Wildman–Crippen MR) is 99.6 cm³/mol. The third-order valence-corrected chi connectivity index (χ3v) is 7.04. The molecular weight excluding hydrogens is 350 g/mol. The number of aryl methyl sites for hydroxylation is 1. The van der Waals surface area contributed by atoms with Gasteiger partial charge in [0.1, 0.15) is 5.69 Å². The molecule has 4 rings (SSSR count). The van der Waals surface area contributed by atoms with Gasteiger partial charge in [0.15, 0.2) is 9.84 Å². The van der Waals surface area contributed by atoms with E-state index in [1.165, 1.54) is 0 Å². The Hall–Kier alpha value is -2.12. The second-order valence-electron chi connectivity index (χ2n) is 7.26. The quantitative estimate of drug-likeness (QED) is 0.884. The molecule has 0 saturated carbocycles. The van der Waals surface area contributed by atoms with Crippen molar-refractivity contribution in [2.24, 2.45) is 0 Å². The third-order valence-electron chi connectivity index (χ3n) is 5.34. The minimum absolute atomic E-state index is 0.0500. The monoisotopic (exact) mass is 373 g/mol. The first-order valence-electron chi connectivity index (χ1n) is 8.87. The molecule has 138 valence electrons. The zero-order valence-corrected chi connectivity index (χ0v) is 15.6. The van der Waals surface area contributed by atoms with Crippen molar-refractivity contribution >= 4 is 15.7 Å². The molecule has 2 aliphatic rings. The second-order valence-corrected chi connectivity index (χ2v) is 9.41. The number of H-pyrrole nitrogens is 1. The molecule has 0 aliphatic carbocycles. The Morgan fingerprint density at radius 3 is 2.58 bits per heavy atom. The molecule has 1 amide bonds. The van der Waals surface area contributed by atoms with Gasteiger partial charge in [-0.2, -0.15) is 0 Å². The number of aromatic nitrogens is 1. The lowest BCUT2D eigenvalue weighted by Gasteiger charge is -2.43. The van der Waals surface area contributed by atoms with Crippen molar-refractivity contribution < 1.29 is 13.2 Å². The average Bonchev–Trinajstić information content (AvgIpc) is 3.18. The minimum Gasteiger partial charge on any atom is -0.357 e. The Kier molecular flexibility index (Phi) is 4.36. The minimum atomic E-state index is -3.14. The van der Waals surface area contributed by atoms with E-state index >= 15 is 0 Å². The van der Waals surface area contributed by atoms with Gasteiger partial charge in [-0.1, -0.05) is 30.3 Å². The molecule has 3 heterocycles. The first-order chi connectivity index (χ1) is 12.4. The van der Waals surface area contributed by atoms with Gasteiger partial charge in [-0.25, -0.2) is 8.42 Å². The number of nitrogens with one attached hydrogen (secondary N) is 1. The summed E-state index contributed by atoms with van der Waals surface area (Å²) in [5.41, 5.74) is 2.68. The Morgan fingerprint density at radius 1 is 1.15 bits per heavy atom. The highest BCUT2D eigenvalue weighted by atomic mass is 32.2. The van der Waals surface area contributed by atoms with Gasteiger partial charge in [-0.3, -0.25) is 9.69 Å². The lowest BCUT2D eigenvalue weighted by atomic mass is 10.0. The van der Waals surface area contributed by atoms with Crippen molar-refractivity contribution in [3.05, 3.63) is 59.4 Å². The van der Waals surface area contributed by atoms with Gasteiger partial charge in [0.05, 0.1) is 17.5 Å². The number of fused-ring (bicyclic) bond motifs is 1. The Balaban J connectivity index is 1.58. The molecule has 26 heavy (non-hydrogen) atoms. The molecule has 1 aromatic carbocycles. The number of piperazine rings is 1. The van der Waals surface area contributed by atoms with Gasteiger partial charge in [0, 0.05) is 31.9 Å². The summed E-state index contributed by atoms with van der Waals surface area (Å²) in [7, 11) is -3.14. The lowest BCUT2D eigenvalue weighted by molar-refractivity contribution is 0.0302. The maximum absolute atomic E-state index is 12.9. The number of hydrogen-bond acceptors (Lipinski definition) is 4. The van der Waals surface area contributed by atoms with E-state index in [-0.39, 0.29) is 29.5 Å². The van der Waals surface area contributed by atoms with E-state index in [1.54, 1.807) is 11.1 Å². The molecule has 2 atom stereocenters. The summed E-state index contributed by atoms with van der Waals surface area (Å²) in [6.45, 7) is 3.85. The molecule has 1 aromatic heterocycles. The van der Waals surface area contributed by atoms with E-state index < -0.39 is 9.84 Å². The number of hydrogen-bond donors (Lipinski definition) is 1. The number of nitrogens with zero attached hydrogens (tertiary/aromatic N) is 2. The number of benzene rings is 1. The van der Waals surface area contributed by atoms with Crippen LogP contribution in [0.25, 0.3) is 0 Å². The summed E-state index contributed by atoms with van der Waals surface area (Å²) >= 11 is 0. The molecule has 0 spiro atoms. The predicted octanol–water partition coefficient (Wildman–Crippen LogP) is 1.45. The molecule has 2 aromatic rings. The second kappa shape index (κ2) is 6.55. The van der Waals surface area contributed by atoms with Crippen LogP contribution in [-0.2, 0) is 16.4 Å². The fraction of sp³-hybridized carbons (Fsp3) is 0.421. The highest BCUT2D eigenvalue weighted by Crippen LogP contribution is 2.29. The highest BCUT2D eigenvalue weighted by Gasteiger charge is 2.48. The van der Waals surface area contributed by atoms with Crippen molar-refractivity contribution in [1.29, 1.82) is 0 Å². The van der Waals surface area contributed by atoms with E-state index in [0.29, 0.717) is 25.3 Å². The first kappa shape index (κ1) is 17.3. The van der Waals surface area contributed by atoms with E-state index in [0.717, 1.165) is 11.1 Å². The van der Waals surface area contributed by atoms with E-state index in [9.17, 15) is 13.2 Å². The standard InChI is InChI=1S/C19H23N3O3S/c1-14-9-16(20-10-14)19(23)22-8-7-21(11-15-5-3-2-4-6-15)17-12-26(24,25)13-18(17)22/h2-6,9-10,17-18,20H,7-8,11-13H2,1H3/t17-,18+/m1/s1. The van der Waals surface area contributed by atoms with Crippen LogP contribution in [0.4, 0.5) is 0 Å². The molecule has 0 unspecified atom stereocenters. The molecule has 0 bridgehead atoms. The maximum atomic E-state index is 12.9. The largest absolute Gasteiger partial charge is 0.357 e. The number of aromatic amines is 1. The normalized spacial score (nSPS) is 25.2. The zero-order valence-electron chi connectivity index (χ0n) is 14.8. The number of carbonyl (C=O) groups excluding carboxylic acids is 1. The molecule has 2 fully saturated rings. The Morgan fingerprint density at radius 2 is 1.88 bits per heavy atom. The van der Waals surface area contributed by atoms with Crippen molar-refractivity contribution in [3.8, 4) is 0 Å². The number of carbonyl (C=O) groups is 1. The highest BCUT2D eigenvalue weighted by molar-refractivity contribution is 7.91. The summed E-state index contributed by atoms with van der Waals surface area (Å²) in [4.78, 5) is 19.9. The summed E-state index contributed by atoms with van der Waals surface area (Å²) in [5, 5.41) is 0. The van der Waals surface area contributed by atoms with Crippen LogP contribution in [-0.4, -0.2) is 65.8 Å². The SMILES string of the molecule is Cc1c[nH]c(C(=O)N2CCN(Cc3ccccc3)[C@@H]3CS(=O)(=O)C[C@@H]32)c1. The van der Waals surface area contributed by atoms with Crippen molar-refractivity contribution in [1.82, 2.24) is 14.8 Å². The average molecular weight is 373 g/mol.